The summed E-state index contributed by atoms with van der Waals surface area (Å²) in [5.74, 6) is -0.669. The molecular weight excluding hydrogens is 1280 g/mol. The second-order valence-corrected chi connectivity index (χ2v) is 32.3. The molecule has 19 heteroatoms. The fourth-order valence-electron chi connectivity index (χ4n) is 12.2. The van der Waals surface area contributed by atoms with Gasteiger partial charge in [-0.1, -0.05) is 363 Å². The number of hydrogen-bond acceptors (Lipinski definition) is 15. The standard InChI is InChI=1S/C79H154O17P2/c1-7-9-11-13-15-17-19-21-23-25-27-29-31-33-35-43-49-55-61-76(81)89-67-74(95-78(83)63-57-51-45-36-34-32-30-28-26-24-22-20-18-16-14-12-10-8-2)69-93-97(85,86)91-65-73(80)66-92-98(87,88)94-70-75(96-79(84)64-58-52-46-40-38-42-48-54-60-72(5)6)68-90-77(82)62-56-50-44-39-37-41-47-53-59-71(3)4/h71-75,80H,7-70H2,1-6H3,(H,85,86)(H,87,88)/t73-,74-,75-/m1/s1. The number of aliphatic hydroxyl groups is 1. The molecule has 0 radical (unpaired) electrons. The first-order valence-corrected chi connectivity index (χ1v) is 44.0. The fraction of sp³-hybridized carbons (Fsp3) is 0.949. The Balaban J connectivity index is 5.23. The number of carbonyl (C=O) groups excluding carboxylic acids is 4. The lowest BCUT2D eigenvalue weighted by molar-refractivity contribution is -0.161. The average Bonchev–Trinajstić information content (AvgIpc) is 1.95. The van der Waals surface area contributed by atoms with Gasteiger partial charge in [-0.05, 0) is 37.5 Å². The highest BCUT2D eigenvalue weighted by Crippen LogP contribution is 2.45. The third-order valence-electron chi connectivity index (χ3n) is 18.5. The average molecular weight is 1440 g/mol. The van der Waals surface area contributed by atoms with Gasteiger partial charge in [0.2, 0.25) is 0 Å². The van der Waals surface area contributed by atoms with Gasteiger partial charge in [-0.15, -0.1) is 0 Å². The lowest BCUT2D eigenvalue weighted by Gasteiger charge is -2.21. The minimum Gasteiger partial charge on any atom is -0.462 e. The summed E-state index contributed by atoms with van der Waals surface area (Å²) in [6.45, 7) is 9.54. The van der Waals surface area contributed by atoms with Crippen molar-refractivity contribution in [1.29, 1.82) is 0 Å². The maximum absolute atomic E-state index is 13.1. The number of phosphoric ester groups is 2. The molecule has 2 unspecified atom stereocenters. The smallest absolute Gasteiger partial charge is 0.462 e. The number of hydrogen-bond donors (Lipinski definition) is 3. The van der Waals surface area contributed by atoms with Gasteiger partial charge in [0.25, 0.3) is 0 Å². The molecule has 0 rings (SSSR count). The van der Waals surface area contributed by atoms with Crippen LogP contribution in [0.2, 0.25) is 0 Å². The predicted octanol–water partition coefficient (Wildman–Crippen LogP) is 23.5. The lowest BCUT2D eigenvalue weighted by atomic mass is 10.0. The molecule has 5 atom stereocenters. The predicted molar refractivity (Wildman–Crippen MR) is 400 cm³/mol. The van der Waals surface area contributed by atoms with E-state index in [-0.39, 0.29) is 25.7 Å². The van der Waals surface area contributed by atoms with Crippen LogP contribution in [0.5, 0.6) is 0 Å². The topological polar surface area (TPSA) is 237 Å². The number of esters is 4. The van der Waals surface area contributed by atoms with E-state index in [0.717, 1.165) is 102 Å². The summed E-state index contributed by atoms with van der Waals surface area (Å²) in [5, 5.41) is 10.6. The van der Waals surface area contributed by atoms with Crippen molar-refractivity contribution in [2.45, 2.75) is 432 Å². The van der Waals surface area contributed by atoms with E-state index in [1.54, 1.807) is 0 Å². The minimum absolute atomic E-state index is 0.104. The summed E-state index contributed by atoms with van der Waals surface area (Å²) in [6, 6.07) is 0. The normalized spacial score (nSPS) is 13.9. The molecule has 0 aliphatic heterocycles. The molecule has 0 fully saturated rings. The molecule has 3 N–H and O–H groups in total. The van der Waals surface area contributed by atoms with Crippen molar-refractivity contribution in [3.8, 4) is 0 Å². The van der Waals surface area contributed by atoms with Gasteiger partial charge in [0.1, 0.15) is 19.3 Å². The Labute approximate surface area is 600 Å². The van der Waals surface area contributed by atoms with E-state index >= 15 is 0 Å². The number of ether oxygens (including phenoxy) is 4. The molecule has 0 aromatic rings. The summed E-state index contributed by atoms with van der Waals surface area (Å²) < 4.78 is 68.6. The van der Waals surface area contributed by atoms with E-state index in [2.05, 4.69) is 41.5 Å². The highest BCUT2D eigenvalue weighted by Gasteiger charge is 2.30. The molecule has 582 valence electrons. The number of aliphatic hydroxyl groups excluding tert-OH is 1. The van der Waals surface area contributed by atoms with Crippen LogP contribution in [0.3, 0.4) is 0 Å². The van der Waals surface area contributed by atoms with E-state index in [1.165, 1.54) is 231 Å². The second kappa shape index (κ2) is 70.7. The van der Waals surface area contributed by atoms with Crippen molar-refractivity contribution < 1.29 is 80.2 Å². The number of unbranched alkanes of at least 4 members (excludes halogenated alkanes) is 48. The molecule has 0 saturated heterocycles. The van der Waals surface area contributed by atoms with Crippen LogP contribution in [-0.2, 0) is 65.4 Å². The van der Waals surface area contributed by atoms with E-state index < -0.39 is 97.5 Å². The van der Waals surface area contributed by atoms with Gasteiger partial charge in [0, 0.05) is 25.7 Å². The Kier molecular flexibility index (Phi) is 69.3. The van der Waals surface area contributed by atoms with Crippen LogP contribution >= 0.6 is 15.6 Å². The van der Waals surface area contributed by atoms with E-state index in [0.29, 0.717) is 25.7 Å². The molecule has 0 aliphatic carbocycles. The van der Waals surface area contributed by atoms with Crippen molar-refractivity contribution in [1.82, 2.24) is 0 Å². The Morgan fingerprint density at radius 2 is 0.469 bits per heavy atom. The first-order valence-electron chi connectivity index (χ1n) is 41.0. The van der Waals surface area contributed by atoms with Crippen LogP contribution in [0.25, 0.3) is 0 Å². The van der Waals surface area contributed by atoms with Gasteiger partial charge >= 0.3 is 39.5 Å². The van der Waals surface area contributed by atoms with Gasteiger partial charge in [-0.25, -0.2) is 9.13 Å². The summed E-state index contributed by atoms with van der Waals surface area (Å²) in [6.07, 6.45) is 59.8. The van der Waals surface area contributed by atoms with E-state index in [4.69, 9.17) is 37.0 Å². The molecule has 98 heavy (non-hydrogen) atoms. The summed E-state index contributed by atoms with van der Waals surface area (Å²) in [4.78, 5) is 72.9. The molecule has 0 bridgehead atoms. The Morgan fingerprint density at radius 1 is 0.276 bits per heavy atom. The molecule has 0 aliphatic rings. The summed E-state index contributed by atoms with van der Waals surface area (Å²) in [5.41, 5.74) is 0. The SMILES string of the molecule is CCCCCCCCCCCCCCCCCCCCC(=O)OC[C@H](COP(=O)(O)OC[C@@H](O)COP(=O)(O)OC[C@@H](COC(=O)CCCCCCCCCCC(C)C)OC(=O)CCCCCCCCCCC(C)C)OC(=O)CCCCCCCCCCCCCCCCCCCC. The Bertz CT molecular complexity index is 1890. The van der Waals surface area contributed by atoms with Crippen LogP contribution in [0.1, 0.15) is 414 Å². The molecule has 0 spiro atoms. The fourth-order valence-corrected chi connectivity index (χ4v) is 13.8. The molecule has 0 heterocycles. The summed E-state index contributed by atoms with van der Waals surface area (Å²) >= 11 is 0. The Morgan fingerprint density at radius 3 is 0.694 bits per heavy atom. The maximum atomic E-state index is 13.1. The van der Waals surface area contributed by atoms with Crippen molar-refractivity contribution in [3.63, 3.8) is 0 Å². The highest BCUT2D eigenvalue weighted by atomic mass is 31.2. The third-order valence-corrected chi connectivity index (χ3v) is 20.4. The van der Waals surface area contributed by atoms with E-state index in [9.17, 15) is 43.2 Å². The van der Waals surface area contributed by atoms with Crippen molar-refractivity contribution >= 4 is 39.5 Å². The van der Waals surface area contributed by atoms with Gasteiger partial charge < -0.3 is 33.8 Å². The van der Waals surface area contributed by atoms with Gasteiger partial charge in [0.05, 0.1) is 26.4 Å². The van der Waals surface area contributed by atoms with Crippen molar-refractivity contribution in [3.05, 3.63) is 0 Å². The molecule has 0 aromatic carbocycles. The zero-order valence-corrected chi connectivity index (χ0v) is 65.9. The minimum atomic E-state index is -4.96. The number of rotatable bonds is 78. The largest absolute Gasteiger partial charge is 0.472 e. The first kappa shape index (κ1) is 96.1. The van der Waals surface area contributed by atoms with Crippen LogP contribution in [0, 0.1) is 11.8 Å². The van der Waals surface area contributed by atoms with Gasteiger partial charge in [-0.3, -0.25) is 37.3 Å². The van der Waals surface area contributed by atoms with Gasteiger partial charge in [-0.2, -0.15) is 0 Å². The van der Waals surface area contributed by atoms with E-state index in [1.807, 2.05) is 0 Å². The van der Waals surface area contributed by atoms with Crippen molar-refractivity contribution in [2.24, 2.45) is 11.8 Å². The lowest BCUT2D eigenvalue weighted by Crippen LogP contribution is -2.30. The van der Waals surface area contributed by atoms with Crippen LogP contribution in [0.15, 0.2) is 0 Å². The zero-order valence-electron chi connectivity index (χ0n) is 64.1. The van der Waals surface area contributed by atoms with Crippen molar-refractivity contribution in [2.75, 3.05) is 39.6 Å². The second-order valence-electron chi connectivity index (χ2n) is 29.4. The molecule has 17 nitrogen and oxygen atoms in total. The van der Waals surface area contributed by atoms with Gasteiger partial charge in [0.15, 0.2) is 12.2 Å². The quantitative estimate of drug-likeness (QED) is 0.0222. The molecule has 0 amide bonds. The zero-order chi connectivity index (χ0) is 72.1. The summed E-state index contributed by atoms with van der Waals surface area (Å²) in [7, 11) is -9.92. The number of carbonyl (C=O) groups is 4. The third kappa shape index (κ3) is 72.4. The maximum Gasteiger partial charge on any atom is 0.472 e. The highest BCUT2D eigenvalue weighted by molar-refractivity contribution is 7.47. The number of phosphoric acid groups is 2. The molecular formula is C79H154O17P2. The van der Waals surface area contributed by atoms with Crippen LogP contribution in [0.4, 0.5) is 0 Å². The van der Waals surface area contributed by atoms with Crippen LogP contribution in [-0.4, -0.2) is 96.7 Å². The monoisotopic (exact) mass is 1440 g/mol. The van der Waals surface area contributed by atoms with Crippen LogP contribution < -0.4 is 0 Å². The molecule has 0 aromatic heterocycles. The molecule has 0 saturated carbocycles. The Hall–Kier alpha value is -1.94. The first-order chi connectivity index (χ1) is 47.4.